The number of carboxylic acid groups (broad SMARTS) is 2. The van der Waals surface area contributed by atoms with E-state index in [1.807, 2.05) is 0 Å². The summed E-state index contributed by atoms with van der Waals surface area (Å²) in [4.78, 5) is 21.8. The first-order valence-corrected chi connectivity index (χ1v) is 7.01. The molecule has 0 aromatic heterocycles. The summed E-state index contributed by atoms with van der Waals surface area (Å²) in [6.07, 6.45) is 11.5. The fourth-order valence-corrected chi connectivity index (χ4v) is 2.19. The smallest absolute Gasteiger partial charge is 0.331 e. The average molecular weight is 278 g/mol. The zero-order valence-electron chi connectivity index (χ0n) is 11.9. The van der Waals surface area contributed by atoms with Crippen LogP contribution < -0.4 is 0 Å². The molecule has 1 aliphatic carbocycles. The molecule has 0 amide bonds. The first-order chi connectivity index (χ1) is 9.50. The minimum atomic E-state index is -0.931. The molecule has 1 rings (SSSR count). The quantitative estimate of drug-likeness (QED) is 0.423. The van der Waals surface area contributed by atoms with Crippen molar-refractivity contribution in [2.45, 2.75) is 51.9 Å². The molecular formula is C16H22O4. The molecule has 2 N–H and O–H groups in total. The molecule has 1 aliphatic rings. The van der Waals surface area contributed by atoms with Gasteiger partial charge in [-0.2, -0.15) is 0 Å². The Morgan fingerprint density at radius 3 is 2.40 bits per heavy atom. The second-order valence-corrected chi connectivity index (χ2v) is 5.09. The van der Waals surface area contributed by atoms with Gasteiger partial charge < -0.3 is 10.2 Å². The number of aliphatic carboxylic acids is 2. The van der Waals surface area contributed by atoms with E-state index in [1.54, 1.807) is 12.2 Å². The van der Waals surface area contributed by atoms with Gasteiger partial charge in [-0.15, -0.1) is 0 Å². The van der Waals surface area contributed by atoms with Crippen LogP contribution in [-0.2, 0) is 9.59 Å². The van der Waals surface area contributed by atoms with Crippen LogP contribution >= 0.6 is 0 Å². The molecule has 0 aliphatic heterocycles. The van der Waals surface area contributed by atoms with Gasteiger partial charge in [0.1, 0.15) is 0 Å². The number of unbranched alkanes of at least 4 members (excludes halogenated alkanes) is 1. The van der Waals surface area contributed by atoms with Crippen LogP contribution in [0.2, 0.25) is 0 Å². The largest absolute Gasteiger partial charge is 0.478 e. The van der Waals surface area contributed by atoms with Gasteiger partial charge in [-0.3, -0.25) is 0 Å². The first kappa shape index (κ1) is 16.2. The Morgan fingerprint density at radius 2 is 1.85 bits per heavy atom. The van der Waals surface area contributed by atoms with Gasteiger partial charge in [0.25, 0.3) is 0 Å². The minimum absolute atomic E-state index is 0.297. The second-order valence-electron chi connectivity index (χ2n) is 5.09. The van der Waals surface area contributed by atoms with E-state index in [-0.39, 0.29) is 0 Å². The molecule has 0 bridgehead atoms. The molecule has 0 heterocycles. The number of rotatable bonds is 7. The summed E-state index contributed by atoms with van der Waals surface area (Å²) in [5.41, 5.74) is 1.92. The molecule has 20 heavy (non-hydrogen) atoms. The van der Waals surface area contributed by atoms with Gasteiger partial charge in [0.2, 0.25) is 0 Å². The molecule has 0 atom stereocenters. The van der Waals surface area contributed by atoms with Crippen molar-refractivity contribution in [2.75, 3.05) is 0 Å². The molecule has 0 radical (unpaired) electrons. The van der Waals surface area contributed by atoms with Crippen LogP contribution in [0.5, 0.6) is 0 Å². The topological polar surface area (TPSA) is 74.6 Å². The van der Waals surface area contributed by atoms with Crippen molar-refractivity contribution in [1.82, 2.24) is 0 Å². The van der Waals surface area contributed by atoms with Crippen molar-refractivity contribution in [1.29, 1.82) is 0 Å². The maximum atomic E-state index is 11.2. The zero-order chi connectivity index (χ0) is 15.0. The highest BCUT2D eigenvalue weighted by atomic mass is 16.4. The molecule has 0 fully saturated rings. The van der Waals surface area contributed by atoms with Crippen LogP contribution in [0.1, 0.15) is 51.9 Å². The summed E-state index contributed by atoms with van der Waals surface area (Å²) in [5.74, 6) is -1.81. The average Bonchev–Trinajstić information content (AvgIpc) is 2.42. The van der Waals surface area contributed by atoms with Crippen LogP contribution in [0.3, 0.4) is 0 Å². The summed E-state index contributed by atoms with van der Waals surface area (Å²) >= 11 is 0. The van der Waals surface area contributed by atoms with Gasteiger partial charge in [-0.1, -0.05) is 23.8 Å². The molecule has 0 saturated carbocycles. The van der Waals surface area contributed by atoms with E-state index in [0.717, 1.165) is 19.3 Å². The predicted octanol–water partition coefficient (Wildman–Crippen LogP) is 3.70. The molecule has 4 nitrogen and oxygen atoms in total. The Balaban J connectivity index is 2.55. The fourth-order valence-electron chi connectivity index (χ4n) is 2.19. The van der Waals surface area contributed by atoms with Crippen LogP contribution in [-0.4, -0.2) is 22.2 Å². The number of hydrogen-bond donors (Lipinski definition) is 2. The predicted molar refractivity (Wildman–Crippen MR) is 77.5 cm³/mol. The van der Waals surface area contributed by atoms with Crippen molar-refractivity contribution < 1.29 is 19.8 Å². The molecule has 0 saturated heterocycles. The third-order valence-electron chi connectivity index (χ3n) is 3.42. The number of carboxylic acids is 2. The van der Waals surface area contributed by atoms with Gasteiger partial charge in [0.05, 0.1) is 0 Å². The number of carbonyl (C=O) groups is 2. The van der Waals surface area contributed by atoms with Crippen LogP contribution in [0.25, 0.3) is 0 Å². The monoisotopic (exact) mass is 278 g/mol. The number of allylic oxidation sites excluding steroid dienone is 4. The van der Waals surface area contributed by atoms with E-state index < -0.39 is 11.9 Å². The summed E-state index contributed by atoms with van der Waals surface area (Å²) in [6.45, 7) is 1.54. The first-order valence-electron chi connectivity index (χ1n) is 7.01. The van der Waals surface area contributed by atoms with Gasteiger partial charge in [-0.05, 0) is 45.4 Å². The molecule has 0 spiro atoms. The van der Waals surface area contributed by atoms with Crippen molar-refractivity contribution in [3.63, 3.8) is 0 Å². The lowest BCUT2D eigenvalue weighted by Crippen LogP contribution is -2.04. The Bertz CT molecular complexity index is 455. The minimum Gasteiger partial charge on any atom is -0.478 e. The summed E-state index contributed by atoms with van der Waals surface area (Å²) in [6, 6.07) is 0. The number of hydrogen-bond acceptors (Lipinski definition) is 2. The lowest BCUT2D eigenvalue weighted by atomic mass is 9.93. The molecule has 0 unspecified atom stereocenters. The van der Waals surface area contributed by atoms with Gasteiger partial charge in [-0.25, -0.2) is 9.59 Å². The standard InChI is InChI=1S/C16H22O4/c1-12(15(17)18)7-5-6-10-14(16(19)20)11-13-8-3-2-4-9-13/h7-8,10H,2-6,9,11H2,1H3,(H,17,18)(H,19,20). The SMILES string of the molecule is CC(=CCCC=C(CC1=CCCCC1)C(=O)O)C(=O)O. The van der Waals surface area contributed by atoms with Crippen LogP contribution in [0, 0.1) is 0 Å². The van der Waals surface area contributed by atoms with Crippen molar-refractivity contribution in [3.8, 4) is 0 Å². The van der Waals surface area contributed by atoms with Crippen LogP contribution in [0.15, 0.2) is 34.9 Å². The zero-order valence-corrected chi connectivity index (χ0v) is 11.9. The van der Waals surface area contributed by atoms with Crippen LogP contribution in [0.4, 0.5) is 0 Å². The van der Waals surface area contributed by atoms with E-state index >= 15 is 0 Å². The summed E-state index contributed by atoms with van der Waals surface area (Å²) in [7, 11) is 0. The van der Waals surface area contributed by atoms with E-state index in [4.69, 9.17) is 5.11 Å². The van der Waals surface area contributed by atoms with Crippen molar-refractivity contribution in [3.05, 3.63) is 34.9 Å². The Kier molecular flexibility index (Phi) is 6.77. The highest BCUT2D eigenvalue weighted by Gasteiger charge is 2.11. The Labute approximate surface area is 119 Å². The molecule has 4 heteroatoms. The highest BCUT2D eigenvalue weighted by molar-refractivity contribution is 5.87. The molecule has 0 aromatic carbocycles. The third-order valence-corrected chi connectivity index (χ3v) is 3.42. The van der Waals surface area contributed by atoms with E-state index in [1.165, 1.54) is 18.9 Å². The lowest BCUT2D eigenvalue weighted by Gasteiger charge is -2.12. The summed E-state index contributed by atoms with van der Waals surface area (Å²) in [5, 5.41) is 17.9. The maximum absolute atomic E-state index is 11.2. The van der Waals surface area contributed by atoms with E-state index in [0.29, 0.717) is 30.4 Å². The van der Waals surface area contributed by atoms with E-state index in [2.05, 4.69) is 6.08 Å². The molecule has 110 valence electrons. The Hall–Kier alpha value is -1.84. The Morgan fingerprint density at radius 1 is 1.15 bits per heavy atom. The normalized spacial score (nSPS) is 16.8. The second kappa shape index (κ2) is 8.35. The third kappa shape index (κ3) is 5.87. The van der Waals surface area contributed by atoms with Gasteiger partial charge >= 0.3 is 11.9 Å². The van der Waals surface area contributed by atoms with Crippen molar-refractivity contribution in [2.24, 2.45) is 0 Å². The van der Waals surface area contributed by atoms with Gasteiger partial charge in [0.15, 0.2) is 0 Å². The summed E-state index contributed by atoms with van der Waals surface area (Å²) < 4.78 is 0. The molecular weight excluding hydrogens is 256 g/mol. The van der Waals surface area contributed by atoms with Crippen molar-refractivity contribution >= 4 is 11.9 Å². The van der Waals surface area contributed by atoms with Gasteiger partial charge in [0, 0.05) is 17.6 Å². The highest BCUT2D eigenvalue weighted by Crippen LogP contribution is 2.23. The maximum Gasteiger partial charge on any atom is 0.331 e. The lowest BCUT2D eigenvalue weighted by molar-refractivity contribution is -0.133. The fraction of sp³-hybridized carbons (Fsp3) is 0.500. The van der Waals surface area contributed by atoms with E-state index in [9.17, 15) is 14.7 Å². The molecule has 0 aromatic rings.